The topological polar surface area (TPSA) is 38.8 Å². The van der Waals surface area contributed by atoms with Gasteiger partial charge in [0.1, 0.15) is 13.2 Å². The minimum atomic E-state index is 0.136. The van der Waals surface area contributed by atoms with Gasteiger partial charge in [0, 0.05) is 12.2 Å². The average molecular weight is 323 g/mol. The highest BCUT2D eigenvalue weighted by molar-refractivity contribution is 5.96. The second-order valence-corrected chi connectivity index (χ2v) is 6.44. The lowest BCUT2D eigenvalue weighted by Gasteiger charge is -2.30. The van der Waals surface area contributed by atoms with Gasteiger partial charge in [-0.2, -0.15) is 0 Å². The minimum absolute atomic E-state index is 0.136. The van der Waals surface area contributed by atoms with Crippen LogP contribution >= 0.6 is 0 Å². The maximum Gasteiger partial charge on any atom is 0.231 e. The number of nitrogens with zero attached hydrogens (tertiary/aromatic N) is 1. The smallest absolute Gasteiger partial charge is 0.231 e. The van der Waals surface area contributed by atoms with Gasteiger partial charge in [0.05, 0.1) is 6.42 Å². The van der Waals surface area contributed by atoms with E-state index in [-0.39, 0.29) is 5.91 Å². The molecular weight excluding hydrogens is 302 g/mol. The highest BCUT2D eigenvalue weighted by Gasteiger charge is 2.23. The first-order chi connectivity index (χ1) is 11.7. The van der Waals surface area contributed by atoms with Crippen LogP contribution in [-0.4, -0.2) is 25.7 Å². The van der Waals surface area contributed by atoms with Crippen LogP contribution in [0, 0.1) is 6.92 Å². The Balaban J connectivity index is 1.55. The zero-order chi connectivity index (χ0) is 16.5. The van der Waals surface area contributed by atoms with Crippen molar-refractivity contribution in [2.45, 2.75) is 26.2 Å². The second kappa shape index (κ2) is 6.19. The van der Waals surface area contributed by atoms with E-state index in [1.165, 1.54) is 11.1 Å². The number of ether oxygens (including phenoxy) is 2. The van der Waals surface area contributed by atoms with Crippen LogP contribution in [0.4, 0.5) is 5.69 Å². The van der Waals surface area contributed by atoms with Crippen molar-refractivity contribution in [3.8, 4) is 11.5 Å². The predicted molar refractivity (Wildman–Crippen MR) is 93.0 cm³/mol. The minimum Gasteiger partial charge on any atom is -0.486 e. The number of aryl methyl sites for hydroxylation is 2. The van der Waals surface area contributed by atoms with Gasteiger partial charge in [-0.15, -0.1) is 0 Å². The third kappa shape index (κ3) is 2.84. The van der Waals surface area contributed by atoms with Crippen molar-refractivity contribution in [2.75, 3.05) is 24.7 Å². The van der Waals surface area contributed by atoms with Crippen LogP contribution in [0.3, 0.4) is 0 Å². The molecule has 0 fully saturated rings. The number of amides is 1. The van der Waals surface area contributed by atoms with Gasteiger partial charge in [0.25, 0.3) is 0 Å². The number of hydrogen-bond acceptors (Lipinski definition) is 3. The first kappa shape index (κ1) is 15.1. The quantitative estimate of drug-likeness (QED) is 0.851. The number of anilines is 1. The van der Waals surface area contributed by atoms with Crippen LogP contribution < -0.4 is 14.4 Å². The molecule has 0 radical (unpaired) electrons. The Labute approximate surface area is 142 Å². The highest BCUT2D eigenvalue weighted by atomic mass is 16.6. The fourth-order valence-corrected chi connectivity index (χ4v) is 3.45. The van der Waals surface area contributed by atoms with Gasteiger partial charge in [0.15, 0.2) is 11.5 Å². The monoisotopic (exact) mass is 323 g/mol. The summed E-state index contributed by atoms with van der Waals surface area (Å²) in [5.74, 6) is 1.63. The van der Waals surface area contributed by atoms with Crippen molar-refractivity contribution in [1.82, 2.24) is 0 Å². The SMILES string of the molecule is Cc1ccc2c(c1)CCCN2C(=O)Cc1ccc2c(c1)OCCO2. The number of benzene rings is 2. The summed E-state index contributed by atoms with van der Waals surface area (Å²) in [6, 6.07) is 12.1. The Kier molecular flexibility index (Phi) is 3.89. The van der Waals surface area contributed by atoms with Crippen molar-refractivity contribution in [3.63, 3.8) is 0 Å². The largest absolute Gasteiger partial charge is 0.486 e. The summed E-state index contributed by atoms with van der Waals surface area (Å²) in [7, 11) is 0. The normalized spacial score (nSPS) is 15.8. The molecule has 4 rings (SSSR count). The summed E-state index contributed by atoms with van der Waals surface area (Å²) >= 11 is 0. The Morgan fingerprint density at radius 2 is 1.92 bits per heavy atom. The molecule has 0 spiro atoms. The van der Waals surface area contributed by atoms with E-state index in [9.17, 15) is 4.79 Å². The van der Waals surface area contributed by atoms with Crippen molar-refractivity contribution >= 4 is 11.6 Å². The molecule has 4 heteroatoms. The molecule has 0 unspecified atom stereocenters. The molecule has 2 aromatic carbocycles. The fraction of sp³-hybridized carbons (Fsp3) is 0.350. The molecule has 0 saturated carbocycles. The van der Waals surface area contributed by atoms with E-state index in [2.05, 4.69) is 25.1 Å². The lowest BCUT2D eigenvalue weighted by molar-refractivity contribution is -0.118. The van der Waals surface area contributed by atoms with E-state index in [1.54, 1.807) is 0 Å². The fourth-order valence-electron chi connectivity index (χ4n) is 3.45. The van der Waals surface area contributed by atoms with Crippen LogP contribution in [0.5, 0.6) is 11.5 Å². The van der Waals surface area contributed by atoms with Crippen LogP contribution in [0.1, 0.15) is 23.1 Å². The molecule has 0 bridgehead atoms. The van der Waals surface area contributed by atoms with E-state index >= 15 is 0 Å². The van der Waals surface area contributed by atoms with E-state index in [0.29, 0.717) is 19.6 Å². The Bertz CT molecular complexity index is 784. The molecule has 0 aliphatic carbocycles. The van der Waals surface area contributed by atoms with Gasteiger partial charge in [-0.25, -0.2) is 0 Å². The third-order valence-corrected chi connectivity index (χ3v) is 4.62. The van der Waals surface area contributed by atoms with Crippen LogP contribution in [0.25, 0.3) is 0 Å². The molecule has 24 heavy (non-hydrogen) atoms. The van der Waals surface area contributed by atoms with Gasteiger partial charge >= 0.3 is 0 Å². The molecule has 4 nitrogen and oxygen atoms in total. The van der Waals surface area contributed by atoms with E-state index in [0.717, 1.165) is 42.1 Å². The molecule has 1 amide bonds. The highest BCUT2D eigenvalue weighted by Crippen LogP contribution is 2.32. The lowest BCUT2D eigenvalue weighted by atomic mass is 9.99. The Morgan fingerprint density at radius 3 is 2.79 bits per heavy atom. The number of carbonyl (C=O) groups is 1. The molecule has 124 valence electrons. The molecule has 2 aromatic rings. The molecule has 0 aromatic heterocycles. The Hall–Kier alpha value is -2.49. The molecule has 0 atom stereocenters. The predicted octanol–water partition coefficient (Wildman–Crippen LogP) is 3.29. The van der Waals surface area contributed by atoms with Gasteiger partial charge in [0.2, 0.25) is 5.91 Å². The maximum absolute atomic E-state index is 12.8. The molecule has 0 N–H and O–H groups in total. The summed E-state index contributed by atoms with van der Waals surface area (Å²) in [5.41, 5.74) is 4.55. The number of carbonyl (C=O) groups excluding carboxylic acids is 1. The van der Waals surface area contributed by atoms with Crippen LogP contribution in [0.15, 0.2) is 36.4 Å². The van der Waals surface area contributed by atoms with Crippen molar-refractivity contribution in [3.05, 3.63) is 53.1 Å². The second-order valence-electron chi connectivity index (χ2n) is 6.44. The molecular formula is C20H21NO3. The zero-order valence-electron chi connectivity index (χ0n) is 13.9. The third-order valence-electron chi connectivity index (χ3n) is 4.62. The van der Waals surface area contributed by atoms with Crippen molar-refractivity contribution in [1.29, 1.82) is 0 Å². The average Bonchev–Trinajstić information content (AvgIpc) is 2.60. The molecule has 0 saturated heterocycles. The summed E-state index contributed by atoms with van der Waals surface area (Å²) < 4.78 is 11.1. The van der Waals surface area contributed by atoms with Gasteiger partial charge in [-0.3, -0.25) is 4.79 Å². The first-order valence-corrected chi connectivity index (χ1v) is 8.49. The van der Waals surface area contributed by atoms with Crippen molar-refractivity contribution in [2.24, 2.45) is 0 Å². The van der Waals surface area contributed by atoms with Crippen LogP contribution in [-0.2, 0) is 17.6 Å². The van der Waals surface area contributed by atoms with E-state index in [4.69, 9.17) is 9.47 Å². The summed E-state index contributed by atoms with van der Waals surface area (Å²) in [4.78, 5) is 14.8. The summed E-state index contributed by atoms with van der Waals surface area (Å²) in [6.07, 6.45) is 2.44. The molecule has 2 aliphatic rings. The summed E-state index contributed by atoms with van der Waals surface area (Å²) in [6.45, 7) is 4.02. The van der Waals surface area contributed by atoms with Gasteiger partial charge in [-0.05, 0) is 49.1 Å². The molecule has 2 heterocycles. The van der Waals surface area contributed by atoms with E-state index in [1.807, 2.05) is 23.1 Å². The zero-order valence-corrected chi connectivity index (χ0v) is 13.9. The summed E-state index contributed by atoms with van der Waals surface area (Å²) in [5, 5.41) is 0. The van der Waals surface area contributed by atoms with E-state index < -0.39 is 0 Å². The Morgan fingerprint density at radius 1 is 1.08 bits per heavy atom. The lowest BCUT2D eigenvalue weighted by Crippen LogP contribution is -2.36. The van der Waals surface area contributed by atoms with Gasteiger partial charge in [-0.1, -0.05) is 23.8 Å². The first-order valence-electron chi connectivity index (χ1n) is 8.49. The van der Waals surface area contributed by atoms with Gasteiger partial charge < -0.3 is 14.4 Å². The van der Waals surface area contributed by atoms with Crippen LogP contribution in [0.2, 0.25) is 0 Å². The maximum atomic E-state index is 12.8. The number of rotatable bonds is 2. The molecule has 2 aliphatic heterocycles. The number of fused-ring (bicyclic) bond motifs is 2. The van der Waals surface area contributed by atoms with Crippen molar-refractivity contribution < 1.29 is 14.3 Å². The standard InChI is InChI=1S/C20H21NO3/c1-14-4-6-17-16(11-14)3-2-8-21(17)20(22)13-15-5-7-18-19(12-15)24-10-9-23-18/h4-7,11-12H,2-3,8-10,13H2,1H3. The number of hydrogen-bond donors (Lipinski definition) is 0.